The van der Waals surface area contributed by atoms with Gasteiger partial charge in [-0.25, -0.2) is 4.98 Å². The summed E-state index contributed by atoms with van der Waals surface area (Å²) in [5.41, 5.74) is 10.3. The molecule has 0 bridgehead atoms. The zero-order chi connectivity index (χ0) is 21.7. The molecular weight excluding hydrogens is 396 g/mol. The number of carbonyl (C=O) groups is 3. The van der Waals surface area contributed by atoms with Crippen LogP contribution in [0.2, 0.25) is 0 Å². The number of nitrogens with zero attached hydrogens (tertiary/aromatic N) is 4. The molecule has 1 unspecified atom stereocenters. The highest BCUT2D eigenvalue weighted by Gasteiger charge is 2.40. The molecule has 2 aromatic rings. The van der Waals surface area contributed by atoms with Gasteiger partial charge in [-0.15, -0.1) is 0 Å². The summed E-state index contributed by atoms with van der Waals surface area (Å²) in [5.74, 6) is -0.592. The minimum absolute atomic E-state index is 0.0220. The first kappa shape index (κ1) is 19.9. The number of aromatic nitrogens is 2. The molecule has 3 N–H and O–H groups in total. The van der Waals surface area contributed by atoms with Crippen LogP contribution >= 0.6 is 0 Å². The van der Waals surface area contributed by atoms with Crippen molar-refractivity contribution in [2.75, 3.05) is 13.1 Å². The van der Waals surface area contributed by atoms with Crippen LogP contribution in [0, 0.1) is 0 Å². The number of hydrogen-bond donors (Lipinski definition) is 2. The van der Waals surface area contributed by atoms with Gasteiger partial charge in [0.25, 0.3) is 5.91 Å². The maximum Gasteiger partial charge on any atom is 0.255 e. The fraction of sp³-hybridized carbons (Fsp3) is 0.455. The summed E-state index contributed by atoms with van der Waals surface area (Å²) in [4.78, 5) is 45.0. The van der Waals surface area contributed by atoms with Gasteiger partial charge in [0.1, 0.15) is 6.04 Å². The minimum atomic E-state index is -0.597. The predicted octanol–water partition coefficient (Wildman–Crippen LogP) is 0.108. The summed E-state index contributed by atoms with van der Waals surface area (Å²) < 4.78 is 2.02. The third-order valence-corrected chi connectivity index (χ3v) is 6.75. The molecule has 1 aromatic carbocycles. The fourth-order valence-electron chi connectivity index (χ4n) is 5.12. The van der Waals surface area contributed by atoms with E-state index in [1.807, 2.05) is 36.0 Å². The topological polar surface area (TPSA) is 114 Å². The van der Waals surface area contributed by atoms with E-state index in [1.54, 1.807) is 11.2 Å². The molecule has 9 nitrogen and oxygen atoms in total. The van der Waals surface area contributed by atoms with E-state index in [0.717, 1.165) is 29.9 Å². The van der Waals surface area contributed by atoms with E-state index in [0.29, 0.717) is 25.1 Å². The molecule has 4 heterocycles. The van der Waals surface area contributed by atoms with Gasteiger partial charge in [-0.2, -0.15) is 0 Å². The van der Waals surface area contributed by atoms with Gasteiger partial charge in [0.2, 0.25) is 11.8 Å². The minimum Gasteiger partial charge on any atom is -0.337 e. The molecule has 3 aliphatic rings. The lowest BCUT2D eigenvalue weighted by molar-refractivity contribution is -0.136. The molecule has 1 aromatic heterocycles. The van der Waals surface area contributed by atoms with Gasteiger partial charge >= 0.3 is 0 Å². The van der Waals surface area contributed by atoms with Crippen LogP contribution in [0.15, 0.2) is 30.7 Å². The number of benzene rings is 1. The number of imide groups is 1. The fourth-order valence-corrected chi connectivity index (χ4v) is 5.12. The van der Waals surface area contributed by atoms with Gasteiger partial charge in [0, 0.05) is 69.1 Å². The zero-order valence-electron chi connectivity index (χ0n) is 17.5. The SMILES string of the molecule is Cn1cncc1[C@@H]1CN(Cc2cccc3c2CN(C2CCC(=O)NC2=O)C3=O)C[C@H]1N. The van der Waals surface area contributed by atoms with Crippen molar-refractivity contribution in [1.82, 2.24) is 24.7 Å². The summed E-state index contributed by atoms with van der Waals surface area (Å²) >= 11 is 0. The number of fused-ring (bicyclic) bond motifs is 1. The second-order valence-corrected chi connectivity index (χ2v) is 8.74. The van der Waals surface area contributed by atoms with Gasteiger partial charge in [0.15, 0.2) is 0 Å². The quantitative estimate of drug-likeness (QED) is 0.676. The molecule has 5 rings (SSSR count). The number of amides is 3. The molecule has 9 heteroatoms. The van der Waals surface area contributed by atoms with Crippen molar-refractivity contribution in [2.45, 2.75) is 43.9 Å². The Kier molecular flexibility index (Phi) is 4.86. The molecule has 2 saturated heterocycles. The Bertz CT molecular complexity index is 1060. The van der Waals surface area contributed by atoms with E-state index < -0.39 is 6.04 Å². The van der Waals surface area contributed by atoms with Crippen molar-refractivity contribution >= 4 is 17.7 Å². The Labute approximate surface area is 180 Å². The average molecular weight is 422 g/mol. The Morgan fingerprint density at radius 3 is 2.81 bits per heavy atom. The first-order valence-electron chi connectivity index (χ1n) is 10.6. The summed E-state index contributed by atoms with van der Waals surface area (Å²) in [6.07, 6.45) is 4.30. The Morgan fingerprint density at radius 1 is 1.23 bits per heavy atom. The van der Waals surface area contributed by atoms with E-state index >= 15 is 0 Å². The normalized spacial score (nSPS) is 26.5. The molecule has 2 fully saturated rings. The highest BCUT2D eigenvalue weighted by molar-refractivity contribution is 6.05. The molecular formula is C22H26N6O3. The van der Waals surface area contributed by atoms with E-state index in [-0.39, 0.29) is 36.1 Å². The van der Waals surface area contributed by atoms with E-state index in [2.05, 4.69) is 15.2 Å². The molecule has 3 atom stereocenters. The molecule has 0 aliphatic carbocycles. The number of hydrogen-bond acceptors (Lipinski definition) is 6. The molecule has 0 radical (unpaired) electrons. The number of piperidine rings is 1. The number of nitrogens with two attached hydrogens (primary N) is 1. The van der Waals surface area contributed by atoms with Crippen molar-refractivity contribution in [3.05, 3.63) is 53.1 Å². The maximum atomic E-state index is 13.0. The van der Waals surface area contributed by atoms with Crippen LogP contribution < -0.4 is 11.1 Å². The van der Waals surface area contributed by atoms with Crippen molar-refractivity contribution in [1.29, 1.82) is 0 Å². The summed E-state index contributed by atoms with van der Waals surface area (Å²) in [7, 11) is 1.98. The third kappa shape index (κ3) is 3.43. The number of nitrogens with one attached hydrogen (secondary N) is 1. The van der Waals surface area contributed by atoms with Crippen molar-refractivity contribution in [2.24, 2.45) is 12.8 Å². The highest BCUT2D eigenvalue weighted by Crippen LogP contribution is 2.32. The Balaban J connectivity index is 1.34. The van der Waals surface area contributed by atoms with Crippen LogP contribution in [0.5, 0.6) is 0 Å². The van der Waals surface area contributed by atoms with E-state index in [9.17, 15) is 14.4 Å². The number of imidazole rings is 1. The smallest absolute Gasteiger partial charge is 0.255 e. The van der Waals surface area contributed by atoms with E-state index in [1.165, 1.54) is 0 Å². The zero-order valence-corrected chi connectivity index (χ0v) is 17.5. The lowest BCUT2D eigenvalue weighted by Crippen LogP contribution is -2.52. The van der Waals surface area contributed by atoms with Crippen LogP contribution in [0.25, 0.3) is 0 Å². The lowest BCUT2D eigenvalue weighted by atomic mass is 10.0. The highest BCUT2D eigenvalue weighted by atomic mass is 16.2. The number of aryl methyl sites for hydroxylation is 1. The summed E-state index contributed by atoms with van der Waals surface area (Å²) in [6, 6.07) is 5.19. The molecule has 3 aliphatic heterocycles. The van der Waals surface area contributed by atoms with Crippen LogP contribution in [-0.4, -0.2) is 62.2 Å². The number of rotatable bonds is 4. The van der Waals surface area contributed by atoms with Gasteiger partial charge in [-0.05, 0) is 23.6 Å². The van der Waals surface area contributed by atoms with Crippen LogP contribution in [0.3, 0.4) is 0 Å². The van der Waals surface area contributed by atoms with Gasteiger partial charge in [-0.3, -0.25) is 24.6 Å². The Hall–Kier alpha value is -3.04. The van der Waals surface area contributed by atoms with Gasteiger partial charge in [-0.1, -0.05) is 12.1 Å². The first-order valence-corrected chi connectivity index (χ1v) is 10.6. The molecule has 0 spiro atoms. The monoisotopic (exact) mass is 422 g/mol. The first-order chi connectivity index (χ1) is 14.9. The maximum absolute atomic E-state index is 13.0. The van der Waals surface area contributed by atoms with Crippen LogP contribution in [0.1, 0.15) is 45.9 Å². The number of likely N-dealkylation sites (tertiary alicyclic amines) is 1. The summed E-state index contributed by atoms with van der Waals surface area (Å²) in [5, 5.41) is 2.35. The third-order valence-electron chi connectivity index (χ3n) is 6.75. The van der Waals surface area contributed by atoms with Gasteiger partial charge in [0.05, 0.1) is 6.33 Å². The standard InChI is InChI=1S/C22H26N6O3/c1-26-12-24-7-19(26)16-9-27(11-17(16)23)8-13-3-2-4-14-15(13)10-28(22(14)31)18-5-6-20(29)25-21(18)30/h2-4,7,12,16-18H,5-6,8-11,23H2,1H3,(H,25,29,30)/t16-,17-,18?/m1/s1. The van der Waals surface area contributed by atoms with Crippen LogP contribution in [-0.2, 0) is 29.7 Å². The molecule has 162 valence electrons. The van der Waals surface area contributed by atoms with Crippen LogP contribution in [0.4, 0.5) is 0 Å². The largest absolute Gasteiger partial charge is 0.337 e. The average Bonchev–Trinajstić information content (AvgIpc) is 3.40. The molecule has 3 amide bonds. The predicted molar refractivity (Wildman–Crippen MR) is 112 cm³/mol. The lowest BCUT2D eigenvalue weighted by Gasteiger charge is -2.29. The van der Waals surface area contributed by atoms with Gasteiger partial charge < -0.3 is 15.2 Å². The van der Waals surface area contributed by atoms with Crippen molar-refractivity contribution in [3.63, 3.8) is 0 Å². The number of carbonyl (C=O) groups excluding carboxylic acids is 3. The van der Waals surface area contributed by atoms with Crippen molar-refractivity contribution in [3.8, 4) is 0 Å². The Morgan fingerprint density at radius 2 is 2.06 bits per heavy atom. The van der Waals surface area contributed by atoms with E-state index in [4.69, 9.17) is 5.73 Å². The molecule has 31 heavy (non-hydrogen) atoms. The molecule has 0 saturated carbocycles. The summed E-state index contributed by atoms with van der Waals surface area (Å²) in [6.45, 7) is 2.68. The second kappa shape index (κ2) is 7.58. The second-order valence-electron chi connectivity index (χ2n) is 8.74. The van der Waals surface area contributed by atoms with Crippen molar-refractivity contribution < 1.29 is 14.4 Å².